The third-order valence-corrected chi connectivity index (χ3v) is 2.58. The van der Waals surface area contributed by atoms with Gasteiger partial charge in [-0.15, -0.1) is 24.8 Å². The predicted octanol–water partition coefficient (Wildman–Crippen LogP) is 0.659. The number of rotatable bonds is 0. The Hall–Kier alpha value is 0.500. The normalized spacial score (nSPS) is 34.9. The van der Waals surface area contributed by atoms with Gasteiger partial charge in [-0.25, -0.2) is 0 Å². The molecule has 2 aliphatic rings. The van der Waals surface area contributed by atoms with Crippen LogP contribution in [0.1, 0.15) is 6.42 Å². The first-order valence-electron chi connectivity index (χ1n) is 3.88. The van der Waals surface area contributed by atoms with Gasteiger partial charge in [0.05, 0.1) is 0 Å². The minimum atomic E-state index is 0. The van der Waals surface area contributed by atoms with E-state index in [1.165, 1.54) is 32.6 Å². The molecule has 0 aromatic carbocycles. The van der Waals surface area contributed by atoms with Crippen LogP contribution in [0.2, 0.25) is 0 Å². The second-order valence-corrected chi connectivity index (χ2v) is 3.17. The van der Waals surface area contributed by atoms with Crippen LogP contribution < -0.4 is 10.6 Å². The van der Waals surface area contributed by atoms with Gasteiger partial charge >= 0.3 is 0 Å². The molecule has 0 aromatic heterocycles. The Morgan fingerprint density at radius 3 is 2.18 bits per heavy atom. The van der Waals surface area contributed by atoms with Gasteiger partial charge < -0.3 is 10.6 Å². The maximum absolute atomic E-state index is 3.42. The van der Waals surface area contributed by atoms with E-state index in [4.69, 9.17) is 0 Å². The Morgan fingerprint density at radius 2 is 1.45 bits per heavy atom. The van der Waals surface area contributed by atoms with E-state index < -0.39 is 0 Å². The zero-order valence-corrected chi connectivity index (χ0v) is 8.14. The van der Waals surface area contributed by atoms with Crippen molar-refractivity contribution in [2.45, 2.75) is 6.42 Å². The summed E-state index contributed by atoms with van der Waals surface area (Å²) in [7, 11) is 0. The largest absolute Gasteiger partial charge is 0.316 e. The molecule has 2 rings (SSSR count). The second-order valence-electron chi connectivity index (χ2n) is 3.17. The van der Waals surface area contributed by atoms with Crippen LogP contribution in [-0.4, -0.2) is 26.2 Å². The molecule has 2 heterocycles. The Morgan fingerprint density at radius 1 is 0.818 bits per heavy atom. The molecule has 0 saturated carbocycles. The smallest absolute Gasteiger partial charge is 0.000511 e. The van der Waals surface area contributed by atoms with Crippen molar-refractivity contribution in [1.82, 2.24) is 10.6 Å². The topological polar surface area (TPSA) is 24.1 Å². The molecule has 2 aliphatic heterocycles. The monoisotopic (exact) mass is 198 g/mol. The van der Waals surface area contributed by atoms with E-state index in [2.05, 4.69) is 10.6 Å². The third kappa shape index (κ3) is 2.48. The molecule has 2 saturated heterocycles. The van der Waals surface area contributed by atoms with Gasteiger partial charge in [0.1, 0.15) is 0 Å². The number of halogens is 2. The lowest BCUT2D eigenvalue weighted by atomic mass is 9.90. The summed E-state index contributed by atoms with van der Waals surface area (Å²) in [4.78, 5) is 0. The first-order valence-corrected chi connectivity index (χ1v) is 3.88. The van der Waals surface area contributed by atoms with E-state index in [1.807, 2.05) is 0 Å². The fourth-order valence-corrected chi connectivity index (χ4v) is 1.94. The molecule has 2 atom stereocenters. The number of hydrogen-bond donors (Lipinski definition) is 2. The number of hydrogen-bond acceptors (Lipinski definition) is 2. The molecule has 0 amide bonds. The van der Waals surface area contributed by atoms with Gasteiger partial charge in [0.15, 0.2) is 0 Å². The van der Waals surface area contributed by atoms with Gasteiger partial charge in [-0.1, -0.05) is 0 Å². The Labute approximate surface area is 80.3 Å². The highest BCUT2D eigenvalue weighted by Crippen LogP contribution is 2.21. The summed E-state index contributed by atoms with van der Waals surface area (Å²) >= 11 is 0. The molecule has 0 aliphatic carbocycles. The van der Waals surface area contributed by atoms with Crippen LogP contribution in [0.4, 0.5) is 0 Å². The lowest BCUT2D eigenvalue weighted by molar-refractivity contribution is 0.318. The fourth-order valence-electron chi connectivity index (χ4n) is 1.94. The average Bonchev–Trinajstić information content (AvgIpc) is 2.33. The summed E-state index contributed by atoms with van der Waals surface area (Å²) in [6.07, 6.45) is 1.39. The Balaban J connectivity index is 0.000000500. The van der Waals surface area contributed by atoms with Crippen molar-refractivity contribution in [1.29, 1.82) is 0 Å². The van der Waals surface area contributed by atoms with Crippen LogP contribution in [0.15, 0.2) is 0 Å². The summed E-state index contributed by atoms with van der Waals surface area (Å²) in [5, 5.41) is 6.84. The highest BCUT2D eigenvalue weighted by atomic mass is 35.5. The van der Waals surface area contributed by atoms with E-state index in [-0.39, 0.29) is 24.8 Å². The van der Waals surface area contributed by atoms with Gasteiger partial charge in [0.25, 0.3) is 0 Å². The van der Waals surface area contributed by atoms with Crippen molar-refractivity contribution in [3.05, 3.63) is 0 Å². The highest BCUT2D eigenvalue weighted by molar-refractivity contribution is 5.85. The van der Waals surface area contributed by atoms with Crippen molar-refractivity contribution in [3.63, 3.8) is 0 Å². The van der Waals surface area contributed by atoms with E-state index in [9.17, 15) is 0 Å². The summed E-state index contributed by atoms with van der Waals surface area (Å²) < 4.78 is 0. The molecular weight excluding hydrogens is 183 g/mol. The van der Waals surface area contributed by atoms with Crippen molar-refractivity contribution in [2.75, 3.05) is 26.2 Å². The lowest BCUT2D eigenvalue weighted by Crippen LogP contribution is -2.35. The minimum absolute atomic E-state index is 0. The molecule has 2 unspecified atom stereocenters. The van der Waals surface area contributed by atoms with Crippen LogP contribution in [0.5, 0.6) is 0 Å². The van der Waals surface area contributed by atoms with Crippen LogP contribution >= 0.6 is 24.8 Å². The van der Waals surface area contributed by atoms with Gasteiger partial charge in [0.2, 0.25) is 0 Å². The summed E-state index contributed by atoms with van der Waals surface area (Å²) in [5.74, 6) is 1.94. The van der Waals surface area contributed by atoms with E-state index in [0.29, 0.717) is 0 Å². The molecule has 0 aromatic rings. The Kier molecular flexibility index (Phi) is 5.44. The molecule has 0 radical (unpaired) electrons. The fraction of sp³-hybridized carbons (Fsp3) is 1.00. The van der Waals surface area contributed by atoms with Crippen molar-refractivity contribution in [2.24, 2.45) is 11.8 Å². The summed E-state index contributed by atoms with van der Waals surface area (Å²) in [6, 6.07) is 0. The van der Waals surface area contributed by atoms with Gasteiger partial charge in [-0.3, -0.25) is 0 Å². The molecule has 2 fully saturated rings. The second kappa shape index (κ2) is 5.20. The Bertz CT molecular complexity index is 98.6. The summed E-state index contributed by atoms with van der Waals surface area (Å²) in [5.41, 5.74) is 0. The standard InChI is InChI=1S/C7H14N2.2ClH/c1-2-8-4-7-5-9-3-6(1)7;;/h6-9H,1-5H2;2*1H. The highest BCUT2D eigenvalue weighted by Gasteiger charge is 2.28. The van der Waals surface area contributed by atoms with Gasteiger partial charge in [-0.2, -0.15) is 0 Å². The van der Waals surface area contributed by atoms with Crippen LogP contribution in [-0.2, 0) is 0 Å². The molecule has 0 spiro atoms. The van der Waals surface area contributed by atoms with E-state index in [1.54, 1.807) is 0 Å². The predicted molar refractivity (Wildman–Crippen MR) is 51.8 cm³/mol. The van der Waals surface area contributed by atoms with Crippen molar-refractivity contribution >= 4 is 24.8 Å². The molecule has 4 heteroatoms. The average molecular weight is 199 g/mol. The van der Waals surface area contributed by atoms with E-state index >= 15 is 0 Å². The minimum Gasteiger partial charge on any atom is -0.316 e. The number of fused-ring (bicyclic) bond motifs is 1. The molecular formula is C7H16Cl2N2. The number of piperidine rings is 1. The SMILES string of the molecule is C1CC2CNCC2CN1.Cl.Cl. The first-order chi connectivity index (χ1) is 4.47. The zero-order valence-electron chi connectivity index (χ0n) is 6.51. The maximum atomic E-state index is 3.42. The van der Waals surface area contributed by atoms with Gasteiger partial charge in [0, 0.05) is 0 Å². The molecule has 11 heavy (non-hydrogen) atoms. The number of nitrogens with one attached hydrogen (secondary N) is 2. The third-order valence-electron chi connectivity index (χ3n) is 2.58. The zero-order chi connectivity index (χ0) is 6.10. The van der Waals surface area contributed by atoms with E-state index in [0.717, 1.165) is 11.8 Å². The first kappa shape index (κ1) is 11.5. The van der Waals surface area contributed by atoms with Crippen LogP contribution in [0.3, 0.4) is 0 Å². The molecule has 2 nitrogen and oxygen atoms in total. The molecule has 0 bridgehead atoms. The maximum Gasteiger partial charge on any atom is -0.000511 e. The lowest BCUT2D eigenvalue weighted by Gasteiger charge is -2.24. The van der Waals surface area contributed by atoms with Crippen molar-refractivity contribution in [3.8, 4) is 0 Å². The van der Waals surface area contributed by atoms with Crippen LogP contribution in [0.25, 0.3) is 0 Å². The molecule has 68 valence electrons. The van der Waals surface area contributed by atoms with Crippen LogP contribution in [0, 0.1) is 11.8 Å². The quantitative estimate of drug-likeness (QED) is 0.598. The van der Waals surface area contributed by atoms with Gasteiger partial charge in [-0.05, 0) is 44.4 Å². The molecule has 2 N–H and O–H groups in total. The summed E-state index contributed by atoms with van der Waals surface area (Å²) in [6.45, 7) is 5.00. The van der Waals surface area contributed by atoms with Crippen molar-refractivity contribution < 1.29 is 0 Å².